The average Bonchev–Trinajstić information content (AvgIpc) is 3.49. The predicted octanol–water partition coefficient (Wildman–Crippen LogP) is 6.01. The van der Waals surface area contributed by atoms with E-state index < -0.39 is 29.0 Å². The molecule has 7 heteroatoms. The van der Waals surface area contributed by atoms with Crippen LogP contribution in [0, 0.1) is 23.4 Å². The van der Waals surface area contributed by atoms with Gasteiger partial charge in [0.15, 0.2) is 0 Å². The molecule has 1 saturated heterocycles. The summed E-state index contributed by atoms with van der Waals surface area (Å²) >= 11 is 0. The van der Waals surface area contributed by atoms with Crippen molar-refractivity contribution in [3.8, 4) is 5.75 Å². The summed E-state index contributed by atoms with van der Waals surface area (Å²) in [6, 6.07) is 6.33. The Morgan fingerprint density at radius 2 is 1.70 bits per heavy atom. The van der Waals surface area contributed by atoms with Gasteiger partial charge in [0.1, 0.15) is 28.8 Å². The number of ether oxygens (including phenoxy) is 2. The molecular formula is C26H30F3NO3. The second-order valence-electron chi connectivity index (χ2n) is 10.2. The third-order valence-electron chi connectivity index (χ3n) is 6.11. The third-order valence-corrected chi connectivity index (χ3v) is 6.11. The van der Waals surface area contributed by atoms with E-state index in [1.165, 1.54) is 18.2 Å². The minimum Gasteiger partial charge on any atom is -0.493 e. The van der Waals surface area contributed by atoms with Crippen LogP contribution in [-0.4, -0.2) is 36.2 Å². The molecule has 4 nitrogen and oxygen atoms in total. The number of hydrogen-bond donors (Lipinski definition) is 0. The molecule has 2 fully saturated rings. The summed E-state index contributed by atoms with van der Waals surface area (Å²) in [6.07, 6.45) is 1.96. The van der Waals surface area contributed by atoms with Gasteiger partial charge in [-0.2, -0.15) is 0 Å². The Bertz CT molecular complexity index is 1020. The van der Waals surface area contributed by atoms with Gasteiger partial charge in [0.25, 0.3) is 0 Å². The van der Waals surface area contributed by atoms with E-state index in [1.807, 2.05) is 6.92 Å². The Morgan fingerprint density at radius 1 is 1.06 bits per heavy atom. The summed E-state index contributed by atoms with van der Waals surface area (Å²) in [6.45, 7) is 9.00. The van der Waals surface area contributed by atoms with E-state index in [0.717, 1.165) is 37.6 Å². The maximum absolute atomic E-state index is 14.7. The lowest BCUT2D eigenvalue weighted by molar-refractivity contribution is 0.00643. The molecule has 0 amide bonds. The van der Waals surface area contributed by atoms with Crippen molar-refractivity contribution in [2.75, 3.05) is 19.7 Å². The van der Waals surface area contributed by atoms with Crippen LogP contribution in [0.2, 0.25) is 0 Å². The van der Waals surface area contributed by atoms with E-state index in [0.29, 0.717) is 17.9 Å². The van der Waals surface area contributed by atoms with Gasteiger partial charge in [0, 0.05) is 37.2 Å². The quantitative estimate of drug-likeness (QED) is 0.474. The van der Waals surface area contributed by atoms with Crippen LogP contribution < -0.4 is 4.74 Å². The SMILES string of the molecule is CC(c1cc(F)cc(F)c1)N1CC(COc2cc(F)c(C(=O)OC(C)(C)C)cc2C2CC2)C1. The predicted molar refractivity (Wildman–Crippen MR) is 119 cm³/mol. The van der Waals surface area contributed by atoms with Gasteiger partial charge in [-0.1, -0.05) is 0 Å². The van der Waals surface area contributed by atoms with Crippen LogP contribution in [0.1, 0.15) is 74.0 Å². The van der Waals surface area contributed by atoms with Crippen molar-refractivity contribution >= 4 is 5.97 Å². The smallest absolute Gasteiger partial charge is 0.341 e. The molecular weight excluding hydrogens is 431 g/mol. The van der Waals surface area contributed by atoms with Crippen molar-refractivity contribution in [1.29, 1.82) is 0 Å². The van der Waals surface area contributed by atoms with E-state index >= 15 is 0 Å². The van der Waals surface area contributed by atoms with Gasteiger partial charge in [-0.05, 0) is 75.8 Å². The summed E-state index contributed by atoms with van der Waals surface area (Å²) < 4.78 is 53.1. The highest BCUT2D eigenvalue weighted by Crippen LogP contribution is 2.45. The summed E-state index contributed by atoms with van der Waals surface area (Å²) in [4.78, 5) is 14.5. The summed E-state index contributed by atoms with van der Waals surface area (Å²) in [5.41, 5.74) is 0.674. The molecule has 1 unspecified atom stereocenters. The van der Waals surface area contributed by atoms with Crippen LogP contribution in [-0.2, 0) is 4.74 Å². The van der Waals surface area contributed by atoms with Crippen LogP contribution in [0.4, 0.5) is 13.2 Å². The highest BCUT2D eigenvalue weighted by Gasteiger charge is 2.34. The van der Waals surface area contributed by atoms with E-state index in [-0.39, 0.29) is 23.4 Å². The van der Waals surface area contributed by atoms with Crippen molar-refractivity contribution < 1.29 is 27.4 Å². The monoisotopic (exact) mass is 461 g/mol. The first-order valence-electron chi connectivity index (χ1n) is 11.4. The average molecular weight is 462 g/mol. The Labute approximate surface area is 192 Å². The highest BCUT2D eigenvalue weighted by atomic mass is 19.1. The first kappa shape index (κ1) is 23.6. The van der Waals surface area contributed by atoms with Crippen LogP contribution in [0.25, 0.3) is 0 Å². The Kier molecular flexibility index (Phi) is 6.45. The van der Waals surface area contributed by atoms with E-state index in [1.54, 1.807) is 26.8 Å². The zero-order valence-electron chi connectivity index (χ0n) is 19.5. The molecule has 0 N–H and O–H groups in total. The maximum Gasteiger partial charge on any atom is 0.341 e. The van der Waals surface area contributed by atoms with Crippen molar-refractivity contribution in [3.63, 3.8) is 0 Å². The van der Waals surface area contributed by atoms with E-state index in [4.69, 9.17) is 9.47 Å². The molecule has 178 valence electrons. The number of carbonyl (C=O) groups is 1. The first-order chi connectivity index (χ1) is 15.5. The topological polar surface area (TPSA) is 38.8 Å². The van der Waals surface area contributed by atoms with Crippen molar-refractivity contribution in [2.24, 2.45) is 5.92 Å². The minimum atomic E-state index is -0.705. The van der Waals surface area contributed by atoms with Crippen molar-refractivity contribution in [3.05, 3.63) is 64.5 Å². The lowest BCUT2D eigenvalue weighted by Crippen LogP contribution is -2.50. The highest BCUT2D eigenvalue weighted by molar-refractivity contribution is 5.90. The molecule has 2 aliphatic rings. The third kappa shape index (κ3) is 5.69. The zero-order chi connectivity index (χ0) is 23.9. The van der Waals surface area contributed by atoms with Gasteiger partial charge >= 0.3 is 5.97 Å². The lowest BCUT2D eigenvalue weighted by atomic mass is 9.95. The fourth-order valence-electron chi connectivity index (χ4n) is 4.17. The molecule has 0 spiro atoms. The van der Waals surface area contributed by atoms with Gasteiger partial charge in [-0.15, -0.1) is 0 Å². The van der Waals surface area contributed by atoms with Crippen LogP contribution in [0.3, 0.4) is 0 Å². The number of hydrogen-bond acceptors (Lipinski definition) is 4. The maximum atomic E-state index is 14.7. The molecule has 4 rings (SSSR count). The molecule has 1 heterocycles. The molecule has 1 aliphatic carbocycles. The minimum absolute atomic E-state index is 0.0647. The summed E-state index contributed by atoms with van der Waals surface area (Å²) in [7, 11) is 0. The second-order valence-corrected chi connectivity index (χ2v) is 10.2. The largest absolute Gasteiger partial charge is 0.493 e. The molecule has 2 aromatic carbocycles. The first-order valence-corrected chi connectivity index (χ1v) is 11.4. The van der Waals surface area contributed by atoms with Gasteiger partial charge in [0.05, 0.1) is 12.2 Å². The molecule has 0 radical (unpaired) electrons. The van der Waals surface area contributed by atoms with Crippen LogP contribution in [0.15, 0.2) is 30.3 Å². The molecule has 1 atom stereocenters. The van der Waals surface area contributed by atoms with E-state index in [2.05, 4.69) is 4.90 Å². The van der Waals surface area contributed by atoms with Gasteiger partial charge < -0.3 is 9.47 Å². The van der Waals surface area contributed by atoms with Gasteiger partial charge in [-0.25, -0.2) is 18.0 Å². The Balaban J connectivity index is 1.38. The van der Waals surface area contributed by atoms with Crippen LogP contribution in [0.5, 0.6) is 5.75 Å². The number of carbonyl (C=O) groups excluding carboxylic acids is 1. The second kappa shape index (κ2) is 9.01. The van der Waals surface area contributed by atoms with Crippen molar-refractivity contribution in [2.45, 2.75) is 58.1 Å². The number of rotatable bonds is 7. The molecule has 0 aromatic heterocycles. The number of halogens is 3. The van der Waals surface area contributed by atoms with Crippen LogP contribution >= 0.6 is 0 Å². The molecule has 1 saturated carbocycles. The zero-order valence-corrected chi connectivity index (χ0v) is 19.5. The fraction of sp³-hybridized carbons (Fsp3) is 0.500. The molecule has 2 aromatic rings. The normalized spacial score (nSPS) is 18.0. The van der Waals surface area contributed by atoms with E-state index in [9.17, 15) is 18.0 Å². The Hall–Kier alpha value is -2.54. The lowest BCUT2D eigenvalue weighted by Gasteiger charge is -2.43. The fourth-order valence-corrected chi connectivity index (χ4v) is 4.17. The number of benzene rings is 2. The standard InChI is InChI=1S/C26H30F3NO3/c1-15(18-7-19(27)9-20(28)8-18)30-12-16(13-30)14-32-24-11-23(29)22(10-21(24)17-5-6-17)25(31)33-26(2,3)4/h7-11,15-17H,5-6,12-14H2,1-4H3. The van der Waals surface area contributed by atoms with Gasteiger partial charge in [-0.3, -0.25) is 4.90 Å². The molecule has 33 heavy (non-hydrogen) atoms. The number of likely N-dealkylation sites (tertiary alicyclic amines) is 1. The summed E-state index contributed by atoms with van der Waals surface area (Å²) in [5.74, 6) is -1.52. The van der Waals surface area contributed by atoms with Crippen molar-refractivity contribution in [1.82, 2.24) is 4.90 Å². The molecule has 1 aliphatic heterocycles. The molecule has 0 bridgehead atoms. The summed E-state index contributed by atoms with van der Waals surface area (Å²) in [5, 5.41) is 0. The van der Waals surface area contributed by atoms with Gasteiger partial charge in [0.2, 0.25) is 0 Å². The Morgan fingerprint density at radius 3 is 2.27 bits per heavy atom. The number of nitrogens with zero attached hydrogens (tertiary/aromatic N) is 1. The number of esters is 1.